The van der Waals surface area contributed by atoms with E-state index in [0.29, 0.717) is 27.8 Å². The van der Waals surface area contributed by atoms with Gasteiger partial charge >= 0.3 is 0 Å². The molecule has 29 heavy (non-hydrogen) atoms. The molecule has 0 saturated heterocycles. The Balaban J connectivity index is 2.02. The summed E-state index contributed by atoms with van der Waals surface area (Å²) in [5, 5.41) is 28.7. The number of hydrogen-bond donors (Lipinski definition) is 2. The fourth-order valence-corrected chi connectivity index (χ4v) is 3.61. The lowest BCUT2D eigenvalue weighted by atomic mass is 10.0. The predicted octanol–water partition coefficient (Wildman–Crippen LogP) is 3.13. The molecule has 0 radical (unpaired) electrons. The van der Waals surface area contributed by atoms with Gasteiger partial charge in [0.1, 0.15) is 40.9 Å². The molecule has 0 atom stereocenters. The zero-order valence-electron chi connectivity index (χ0n) is 15.4. The third kappa shape index (κ3) is 4.64. The van der Waals surface area contributed by atoms with E-state index in [4.69, 9.17) is 15.6 Å². The molecule has 0 saturated carbocycles. The Bertz CT molecular complexity index is 1070. The number of ether oxygens (including phenoxy) is 1. The highest BCUT2D eigenvalue weighted by molar-refractivity contribution is 7.98. The van der Waals surface area contributed by atoms with Crippen molar-refractivity contribution in [3.63, 3.8) is 0 Å². The fourth-order valence-electron chi connectivity index (χ4n) is 2.66. The molecule has 2 aromatic heterocycles. The van der Waals surface area contributed by atoms with E-state index in [1.54, 1.807) is 12.1 Å². The van der Waals surface area contributed by atoms with E-state index in [2.05, 4.69) is 16.0 Å². The van der Waals surface area contributed by atoms with Crippen LogP contribution in [0.3, 0.4) is 0 Å². The molecule has 0 bridgehead atoms. The average molecular weight is 403 g/mol. The number of rotatable bonds is 7. The van der Waals surface area contributed by atoms with Crippen LogP contribution in [0.2, 0.25) is 0 Å². The van der Waals surface area contributed by atoms with Crippen molar-refractivity contribution in [3.8, 4) is 29.1 Å². The van der Waals surface area contributed by atoms with Gasteiger partial charge in [0.25, 0.3) is 0 Å². The first-order chi connectivity index (χ1) is 14.2. The number of aliphatic hydroxyl groups excluding tert-OH is 1. The summed E-state index contributed by atoms with van der Waals surface area (Å²) in [4.78, 5) is 8.61. The summed E-state index contributed by atoms with van der Waals surface area (Å²) in [6.45, 7) is 0.0399. The average Bonchev–Trinajstić information content (AvgIpc) is 2.76. The Morgan fingerprint density at radius 1 is 1.07 bits per heavy atom. The van der Waals surface area contributed by atoms with Crippen LogP contribution in [0.25, 0.3) is 11.3 Å². The number of nitriles is 2. The zero-order valence-corrected chi connectivity index (χ0v) is 16.2. The van der Waals surface area contributed by atoms with E-state index in [1.165, 1.54) is 18.0 Å². The minimum absolute atomic E-state index is 0.0551. The molecule has 0 aliphatic heterocycles. The molecule has 3 aromatic rings. The molecule has 0 spiro atoms. The smallest absolute Gasteiger partial charge is 0.143 e. The molecular formula is C21H17N5O2S. The number of nitrogen functional groups attached to an aromatic ring is 1. The molecule has 1 aromatic carbocycles. The van der Waals surface area contributed by atoms with Gasteiger partial charge in [0.15, 0.2) is 0 Å². The van der Waals surface area contributed by atoms with E-state index >= 15 is 0 Å². The molecule has 2 heterocycles. The summed E-state index contributed by atoms with van der Waals surface area (Å²) < 4.78 is 5.31. The molecule has 0 aliphatic rings. The SMILES string of the molecule is N#Cc1c(N)nc(SCc2ccccc2)c(C#N)c1-c1ccc(OCCO)cn1. The number of pyridine rings is 2. The van der Waals surface area contributed by atoms with E-state index in [-0.39, 0.29) is 30.2 Å². The molecule has 0 aliphatic carbocycles. The molecular weight excluding hydrogens is 386 g/mol. The number of aromatic nitrogens is 2. The molecule has 144 valence electrons. The highest BCUT2D eigenvalue weighted by atomic mass is 32.2. The molecule has 0 fully saturated rings. The van der Waals surface area contributed by atoms with Gasteiger partial charge in [0, 0.05) is 11.3 Å². The first-order valence-electron chi connectivity index (χ1n) is 8.68. The Morgan fingerprint density at radius 3 is 2.45 bits per heavy atom. The maximum atomic E-state index is 9.81. The minimum atomic E-state index is -0.109. The summed E-state index contributed by atoms with van der Waals surface area (Å²) in [5.74, 6) is 1.13. The molecule has 3 N–H and O–H groups in total. The molecule has 3 rings (SSSR count). The second kappa shape index (κ2) is 9.56. The van der Waals surface area contributed by atoms with Crippen LogP contribution in [-0.4, -0.2) is 28.3 Å². The largest absolute Gasteiger partial charge is 0.490 e. The van der Waals surface area contributed by atoms with Crippen molar-refractivity contribution in [3.05, 3.63) is 65.4 Å². The lowest BCUT2D eigenvalue weighted by molar-refractivity contribution is 0.201. The fraction of sp³-hybridized carbons (Fsp3) is 0.143. The zero-order chi connectivity index (χ0) is 20.6. The van der Waals surface area contributed by atoms with Crippen molar-refractivity contribution >= 4 is 17.6 Å². The van der Waals surface area contributed by atoms with Crippen LogP contribution in [0.15, 0.2) is 53.7 Å². The highest BCUT2D eigenvalue weighted by Crippen LogP contribution is 2.36. The number of benzene rings is 1. The van der Waals surface area contributed by atoms with Crippen LogP contribution in [0, 0.1) is 22.7 Å². The van der Waals surface area contributed by atoms with Gasteiger partial charge < -0.3 is 15.6 Å². The van der Waals surface area contributed by atoms with Crippen LogP contribution >= 0.6 is 11.8 Å². The first-order valence-corrected chi connectivity index (χ1v) is 9.67. The number of aliphatic hydroxyl groups is 1. The van der Waals surface area contributed by atoms with Gasteiger partial charge in [-0.3, -0.25) is 4.98 Å². The number of hydrogen-bond acceptors (Lipinski definition) is 8. The quantitative estimate of drug-likeness (QED) is 0.576. The van der Waals surface area contributed by atoms with Gasteiger partial charge in [-0.1, -0.05) is 30.3 Å². The van der Waals surface area contributed by atoms with Gasteiger partial charge in [0.2, 0.25) is 0 Å². The lowest BCUT2D eigenvalue weighted by Gasteiger charge is -2.13. The maximum absolute atomic E-state index is 9.81. The Labute approximate surface area is 172 Å². The van der Waals surface area contributed by atoms with E-state index < -0.39 is 0 Å². The first kappa shape index (κ1) is 20.2. The van der Waals surface area contributed by atoms with Crippen molar-refractivity contribution in [2.45, 2.75) is 10.8 Å². The maximum Gasteiger partial charge on any atom is 0.143 e. The van der Waals surface area contributed by atoms with Gasteiger partial charge in [-0.2, -0.15) is 10.5 Å². The molecule has 0 unspecified atom stereocenters. The highest BCUT2D eigenvalue weighted by Gasteiger charge is 2.21. The topological polar surface area (TPSA) is 129 Å². The molecule has 0 amide bonds. The summed E-state index contributed by atoms with van der Waals surface area (Å²) in [6.07, 6.45) is 1.47. The standard InChI is InChI=1S/C21H17N5O2S/c22-10-16-19(18-7-6-15(12-25-18)28-9-8-27)17(11-23)21(26-20(16)24)29-13-14-4-2-1-3-5-14/h1-7,12,27H,8-9,13H2,(H2,24,26). The molecule has 7 nitrogen and oxygen atoms in total. The van der Waals surface area contributed by atoms with E-state index in [9.17, 15) is 10.5 Å². The number of nitrogens with two attached hydrogens (primary N) is 1. The summed E-state index contributed by atoms with van der Waals surface area (Å²) >= 11 is 1.38. The van der Waals surface area contributed by atoms with Crippen LogP contribution in [0.1, 0.15) is 16.7 Å². The van der Waals surface area contributed by atoms with Crippen molar-refractivity contribution in [1.82, 2.24) is 9.97 Å². The van der Waals surface area contributed by atoms with Crippen LogP contribution < -0.4 is 10.5 Å². The van der Waals surface area contributed by atoms with Crippen LogP contribution in [0.5, 0.6) is 5.75 Å². The third-order valence-electron chi connectivity index (χ3n) is 3.99. The normalized spacial score (nSPS) is 10.2. The number of anilines is 1. The Hall–Kier alpha value is -3.59. The van der Waals surface area contributed by atoms with Gasteiger partial charge in [-0.05, 0) is 17.7 Å². The van der Waals surface area contributed by atoms with Crippen LogP contribution in [-0.2, 0) is 5.75 Å². The van der Waals surface area contributed by atoms with Gasteiger partial charge in [-0.15, -0.1) is 11.8 Å². The minimum Gasteiger partial charge on any atom is -0.490 e. The number of nitrogens with zero attached hydrogens (tertiary/aromatic N) is 4. The van der Waals surface area contributed by atoms with Crippen molar-refractivity contribution < 1.29 is 9.84 Å². The van der Waals surface area contributed by atoms with Crippen molar-refractivity contribution in [2.75, 3.05) is 18.9 Å². The van der Waals surface area contributed by atoms with Crippen molar-refractivity contribution in [1.29, 1.82) is 10.5 Å². The summed E-state index contributed by atoms with van der Waals surface area (Å²) in [7, 11) is 0. The summed E-state index contributed by atoms with van der Waals surface area (Å²) in [6, 6.07) is 17.3. The summed E-state index contributed by atoms with van der Waals surface area (Å²) in [5.41, 5.74) is 8.25. The van der Waals surface area contributed by atoms with E-state index in [1.807, 2.05) is 36.4 Å². The van der Waals surface area contributed by atoms with Gasteiger partial charge in [0.05, 0.1) is 24.1 Å². The lowest BCUT2D eigenvalue weighted by Crippen LogP contribution is -2.05. The second-order valence-electron chi connectivity index (χ2n) is 5.88. The third-order valence-corrected chi connectivity index (χ3v) is 5.03. The van der Waals surface area contributed by atoms with Crippen LogP contribution in [0.4, 0.5) is 5.82 Å². The second-order valence-corrected chi connectivity index (χ2v) is 6.84. The van der Waals surface area contributed by atoms with Gasteiger partial charge in [-0.25, -0.2) is 4.98 Å². The Kier molecular flexibility index (Phi) is 6.64. The Morgan fingerprint density at radius 2 is 1.83 bits per heavy atom. The molecule has 8 heteroatoms. The monoisotopic (exact) mass is 403 g/mol. The number of thioether (sulfide) groups is 1. The van der Waals surface area contributed by atoms with Crippen molar-refractivity contribution in [2.24, 2.45) is 0 Å². The van der Waals surface area contributed by atoms with E-state index in [0.717, 1.165) is 5.56 Å². The predicted molar refractivity (Wildman–Crippen MR) is 110 cm³/mol.